The number of allylic oxidation sites excluding steroid dienone is 1. The van der Waals surface area contributed by atoms with Crippen LogP contribution in [0.1, 0.15) is 39.2 Å². The van der Waals surface area contributed by atoms with Crippen LogP contribution >= 0.6 is 0 Å². The Morgan fingerprint density at radius 2 is 1.97 bits per heavy atom. The number of carbonyl (C=O) groups excluding carboxylic acids is 1. The minimum atomic E-state index is -0.0638. The second kappa shape index (κ2) is 8.93. The van der Waals surface area contributed by atoms with Gasteiger partial charge in [0.2, 0.25) is 0 Å². The van der Waals surface area contributed by atoms with Crippen LogP contribution < -0.4 is 10.5 Å². The van der Waals surface area contributed by atoms with Crippen molar-refractivity contribution in [2.75, 3.05) is 7.11 Å². The van der Waals surface area contributed by atoms with E-state index < -0.39 is 0 Å². The first kappa shape index (κ1) is 19.9. The molecule has 1 aliphatic carbocycles. The van der Waals surface area contributed by atoms with Gasteiger partial charge in [-0.05, 0) is 60.4 Å². The van der Waals surface area contributed by atoms with E-state index in [9.17, 15) is 4.79 Å². The number of nitrogens with two attached hydrogens (primary N) is 1. The van der Waals surface area contributed by atoms with Crippen molar-refractivity contribution in [1.82, 2.24) is 9.88 Å². The summed E-state index contributed by atoms with van der Waals surface area (Å²) in [6, 6.07) is 19.3. The van der Waals surface area contributed by atoms with Gasteiger partial charge in [0.15, 0.2) is 0 Å². The molecule has 5 nitrogen and oxygen atoms in total. The summed E-state index contributed by atoms with van der Waals surface area (Å²) >= 11 is 0. The molecule has 3 aromatic rings. The molecular weight excluding hydrogens is 374 g/mol. The zero-order valence-corrected chi connectivity index (χ0v) is 17.0. The number of aromatic nitrogens is 1. The van der Waals surface area contributed by atoms with E-state index in [2.05, 4.69) is 17.1 Å². The van der Waals surface area contributed by atoms with Gasteiger partial charge in [-0.25, -0.2) is 0 Å². The third-order valence-electron chi connectivity index (χ3n) is 5.36. The van der Waals surface area contributed by atoms with Crippen LogP contribution in [0.5, 0.6) is 5.75 Å². The van der Waals surface area contributed by atoms with Gasteiger partial charge in [0.1, 0.15) is 5.75 Å². The summed E-state index contributed by atoms with van der Waals surface area (Å²) in [7, 11) is 1.66. The minimum Gasteiger partial charge on any atom is -0.497 e. The van der Waals surface area contributed by atoms with E-state index in [0.29, 0.717) is 18.7 Å². The molecule has 1 amide bonds. The smallest absolute Gasteiger partial charge is 0.258 e. The number of hydrogen-bond donors (Lipinski definition) is 1. The highest BCUT2D eigenvalue weighted by Crippen LogP contribution is 2.33. The number of ether oxygens (including phenoxy) is 1. The van der Waals surface area contributed by atoms with Crippen molar-refractivity contribution in [3.63, 3.8) is 0 Å². The molecule has 0 unspecified atom stereocenters. The Bertz CT molecular complexity index is 1060. The fraction of sp³-hybridized carbons (Fsp3) is 0.200. The summed E-state index contributed by atoms with van der Waals surface area (Å²) in [6.07, 6.45) is 5.71. The minimum absolute atomic E-state index is 0.0638. The third kappa shape index (κ3) is 4.11. The van der Waals surface area contributed by atoms with Crippen LogP contribution in [0.4, 0.5) is 0 Å². The largest absolute Gasteiger partial charge is 0.497 e. The Hall–Kier alpha value is -3.44. The second-order valence-corrected chi connectivity index (χ2v) is 7.26. The molecule has 0 saturated carbocycles. The lowest BCUT2D eigenvalue weighted by atomic mass is 9.93. The van der Waals surface area contributed by atoms with Crippen LogP contribution in [-0.2, 0) is 19.5 Å². The molecule has 2 aromatic carbocycles. The highest BCUT2D eigenvalue weighted by molar-refractivity contribution is 6.00. The Labute approximate surface area is 176 Å². The number of amides is 1. The number of pyridine rings is 1. The van der Waals surface area contributed by atoms with Gasteiger partial charge in [0.05, 0.1) is 19.3 Å². The number of methoxy groups -OCH3 is 1. The van der Waals surface area contributed by atoms with Crippen LogP contribution in [0.2, 0.25) is 0 Å². The zero-order valence-electron chi connectivity index (χ0n) is 17.0. The van der Waals surface area contributed by atoms with E-state index in [-0.39, 0.29) is 5.91 Å². The van der Waals surface area contributed by atoms with E-state index in [1.54, 1.807) is 13.3 Å². The first-order chi connectivity index (χ1) is 14.7. The maximum absolute atomic E-state index is 13.6. The fourth-order valence-electron chi connectivity index (χ4n) is 3.73. The molecule has 0 spiro atoms. The van der Waals surface area contributed by atoms with Crippen molar-refractivity contribution >= 4 is 11.6 Å². The molecule has 0 atom stereocenters. The molecule has 0 radical (unpaired) electrons. The first-order valence-corrected chi connectivity index (χ1v) is 10.1. The quantitative estimate of drug-likeness (QED) is 0.675. The molecule has 0 saturated heterocycles. The molecule has 0 fully saturated rings. The van der Waals surface area contributed by atoms with Crippen LogP contribution in [0, 0.1) is 0 Å². The normalized spacial score (nSPS) is 12.7. The number of benzene rings is 2. The lowest BCUT2D eigenvalue weighted by molar-refractivity contribution is 0.0825. The molecular formula is C25H25N3O2. The van der Waals surface area contributed by atoms with Gasteiger partial charge in [-0.15, -0.1) is 0 Å². The van der Waals surface area contributed by atoms with Gasteiger partial charge in [-0.3, -0.25) is 9.78 Å². The van der Waals surface area contributed by atoms with Crippen molar-refractivity contribution in [3.8, 4) is 5.75 Å². The van der Waals surface area contributed by atoms with E-state index in [0.717, 1.165) is 41.1 Å². The predicted molar refractivity (Wildman–Crippen MR) is 118 cm³/mol. The molecule has 4 rings (SSSR count). The van der Waals surface area contributed by atoms with Crippen molar-refractivity contribution in [3.05, 3.63) is 101 Å². The molecule has 1 aromatic heterocycles. The van der Waals surface area contributed by atoms with Gasteiger partial charge >= 0.3 is 0 Å². The topological polar surface area (TPSA) is 68.5 Å². The highest BCUT2D eigenvalue weighted by Gasteiger charge is 2.25. The number of hydrogen-bond acceptors (Lipinski definition) is 4. The Kier molecular flexibility index (Phi) is 5.91. The summed E-state index contributed by atoms with van der Waals surface area (Å²) < 4.78 is 5.44. The monoisotopic (exact) mass is 399 g/mol. The van der Waals surface area contributed by atoms with E-state index in [1.807, 2.05) is 59.5 Å². The summed E-state index contributed by atoms with van der Waals surface area (Å²) in [5.41, 5.74) is 11.3. The van der Waals surface area contributed by atoms with Crippen LogP contribution in [0.3, 0.4) is 0 Å². The average molecular weight is 399 g/mol. The van der Waals surface area contributed by atoms with Gasteiger partial charge in [-0.1, -0.05) is 30.3 Å². The van der Waals surface area contributed by atoms with Crippen molar-refractivity contribution in [2.24, 2.45) is 5.73 Å². The molecule has 1 heterocycles. The maximum atomic E-state index is 13.6. The summed E-state index contributed by atoms with van der Waals surface area (Å²) in [4.78, 5) is 19.9. The number of carbonyl (C=O) groups is 1. The summed E-state index contributed by atoms with van der Waals surface area (Å²) in [5, 5.41) is 0. The van der Waals surface area contributed by atoms with Gasteiger partial charge in [-0.2, -0.15) is 0 Å². The zero-order chi connectivity index (χ0) is 20.9. The Balaban J connectivity index is 1.76. The third-order valence-corrected chi connectivity index (χ3v) is 5.36. The van der Waals surface area contributed by atoms with Gasteiger partial charge < -0.3 is 15.4 Å². The van der Waals surface area contributed by atoms with Crippen LogP contribution in [0.15, 0.2) is 72.9 Å². The average Bonchev–Trinajstić information content (AvgIpc) is 2.82. The fourth-order valence-corrected chi connectivity index (χ4v) is 3.73. The summed E-state index contributed by atoms with van der Waals surface area (Å²) in [6.45, 7) is 0.839. The van der Waals surface area contributed by atoms with Crippen molar-refractivity contribution in [2.45, 2.75) is 25.9 Å². The van der Waals surface area contributed by atoms with Crippen molar-refractivity contribution in [1.29, 1.82) is 0 Å². The van der Waals surface area contributed by atoms with Crippen LogP contribution in [0.25, 0.3) is 5.70 Å². The van der Waals surface area contributed by atoms with E-state index in [4.69, 9.17) is 10.5 Å². The van der Waals surface area contributed by atoms with Gasteiger partial charge in [0, 0.05) is 29.6 Å². The highest BCUT2D eigenvalue weighted by atomic mass is 16.5. The van der Waals surface area contributed by atoms with E-state index >= 15 is 0 Å². The molecule has 152 valence electrons. The first-order valence-electron chi connectivity index (χ1n) is 10.1. The lowest BCUT2D eigenvalue weighted by Gasteiger charge is -2.29. The molecule has 2 N–H and O–H groups in total. The number of fused-ring (bicyclic) bond motifs is 1. The predicted octanol–water partition coefficient (Wildman–Crippen LogP) is 4.18. The number of nitrogens with zero attached hydrogens (tertiary/aromatic N) is 2. The standard InChI is InChI=1S/C25H25N3O2/c1-30-22-13-12-19-5-4-7-24(23(19)15-22)28(17-21-6-2-3-14-27-21)25(29)20-10-8-18(16-26)9-11-20/h2-3,6-15H,4-5,16-17,26H2,1H3. The van der Waals surface area contributed by atoms with Crippen LogP contribution in [-0.4, -0.2) is 22.9 Å². The molecule has 0 aliphatic heterocycles. The summed E-state index contributed by atoms with van der Waals surface area (Å²) in [5.74, 6) is 0.713. The maximum Gasteiger partial charge on any atom is 0.258 e. The molecule has 1 aliphatic rings. The van der Waals surface area contributed by atoms with E-state index in [1.165, 1.54) is 5.56 Å². The Morgan fingerprint density at radius 1 is 1.13 bits per heavy atom. The molecule has 0 bridgehead atoms. The number of rotatable bonds is 6. The number of aryl methyl sites for hydroxylation is 1. The molecule has 5 heteroatoms. The SMILES string of the molecule is COc1ccc2c(c1)C(N(Cc1ccccn1)C(=O)c1ccc(CN)cc1)=CCC2. The van der Waals surface area contributed by atoms with Crippen molar-refractivity contribution < 1.29 is 9.53 Å². The second-order valence-electron chi connectivity index (χ2n) is 7.26. The lowest BCUT2D eigenvalue weighted by Crippen LogP contribution is -2.31. The van der Waals surface area contributed by atoms with Gasteiger partial charge in [0.25, 0.3) is 5.91 Å². The molecule has 30 heavy (non-hydrogen) atoms. The Morgan fingerprint density at radius 3 is 2.67 bits per heavy atom.